The van der Waals surface area contributed by atoms with E-state index < -0.39 is 40.5 Å². The van der Waals surface area contributed by atoms with Crippen molar-refractivity contribution >= 4 is 28.0 Å². The molecule has 30 heavy (non-hydrogen) atoms. The molecule has 0 bridgehead atoms. The molecular formula is C22H15F3N2O3. The standard InChI is InChI=1S/C22H15F3N2O3/c1-12(13-7-3-2-4-8-13)26-20(29)16-11-15-18(28)14-9-5-6-10-17(14)30-21(15)27-19(16)22(23,24)25/h2-12H,1H3,(H,26,29)/t12-/m0/s1. The van der Waals surface area contributed by atoms with Crippen molar-refractivity contribution < 1.29 is 22.4 Å². The number of nitrogens with one attached hydrogen (secondary N) is 1. The predicted octanol–water partition coefficient (Wildman–Crippen LogP) is 4.85. The van der Waals surface area contributed by atoms with E-state index in [-0.39, 0.29) is 16.4 Å². The monoisotopic (exact) mass is 412 g/mol. The van der Waals surface area contributed by atoms with Gasteiger partial charge in [0.2, 0.25) is 11.1 Å². The van der Waals surface area contributed by atoms with Crippen LogP contribution < -0.4 is 10.7 Å². The highest BCUT2D eigenvalue weighted by Gasteiger charge is 2.38. The highest BCUT2D eigenvalue weighted by Crippen LogP contribution is 2.33. The molecule has 8 heteroatoms. The van der Waals surface area contributed by atoms with Crippen LogP contribution in [0, 0.1) is 0 Å². The van der Waals surface area contributed by atoms with E-state index in [1.807, 2.05) is 0 Å². The second-order valence-corrected chi connectivity index (χ2v) is 6.77. The summed E-state index contributed by atoms with van der Waals surface area (Å²) in [5.74, 6) is -0.986. The molecule has 1 amide bonds. The fourth-order valence-corrected chi connectivity index (χ4v) is 3.22. The number of benzene rings is 2. The number of aromatic nitrogens is 1. The summed E-state index contributed by atoms with van der Waals surface area (Å²) in [7, 11) is 0. The van der Waals surface area contributed by atoms with Gasteiger partial charge in [-0.1, -0.05) is 42.5 Å². The van der Waals surface area contributed by atoms with Gasteiger partial charge in [-0.25, -0.2) is 4.98 Å². The third-order valence-electron chi connectivity index (χ3n) is 4.73. The molecule has 5 nitrogen and oxygen atoms in total. The number of halogens is 3. The summed E-state index contributed by atoms with van der Waals surface area (Å²) in [6.07, 6.45) is -4.92. The SMILES string of the molecule is C[C@H](NC(=O)c1cc2c(=O)c3ccccc3oc2nc1C(F)(F)F)c1ccccc1. The van der Waals surface area contributed by atoms with Crippen molar-refractivity contribution in [2.24, 2.45) is 0 Å². The van der Waals surface area contributed by atoms with E-state index in [2.05, 4.69) is 10.3 Å². The van der Waals surface area contributed by atoms with Crippen LogP contribution in [0.5, 0.6) is 0 Å². The molecular weight excluding hydrogens is 397 g/mol. The summed E-state index contributed by atoms with van der Waals surface area (Å²) in [6.45, 7) is 1.65. The molecule has 0 aliphatic carbocycles. The molecule has 0 saturated carbocycles. The molecule has 0 spiro atoms. The Balaban J connectivity index is 1.86. The van der Waals surface area contributed by atoms with Gasteiger partial charge in [0.1, 0.15) is 5.58 Å². The number of carbonyl (C=O) groups excluding carboxylic acids is 1. The number of carbonyl (C=O) groups is 1. The van der Waals surface area contributed by atoms with Gasteiger partial charge in [0.15, 0.2) is 5.69 Å². The lowest BCUT2D eigenvalue weighted by Gasteiger charge is -2.17. The Labute approximate surface area is 168 Å². The van der Waals surface area contributed by atoms with E-state index in [4.69, 9.17) is 4.42 Å². The van der Waals surface area contributed by atoms with Gasteiger partial charge in [0.05, 0.1) is 22.4 Å². The van der Waals surface area contributed by atoms with Crippen LogP contribution in [0.25, 0.3) is 22.1 Å². The lowest BCUT2D eigenvalue weighted by molar-refractivity contribution is -0.141. The summed E-state index contributed by atoms with van der Waals surface area (Å²) in [6, 6.07) is 15.3. The Kier molecular flexibility index (Phi) is 4.77. The topological polar surface area (TPSA) is 72.2 Å². The van der Waals surface area contributed by atoms with Gasteiger partial charge in [0, 0.05) is 0 Å². The molecule has 2 aromatic heterocycles. The lowest BCUT2D eigenvalue weighted by atomic mass is 10.1. The number of pyridine rings is 1. The van der Waals surface area contributed by atoms with Gasteiger partial charge >= 0.3 is 6.18 Å². The Morgan fingerprint density at radius 1 is 1.03 bits per heavy atom. The van der Waals surface area contributed by atoms with Crippen LogP contribution in [0.4, 0.5) is 13.2 Å². The first-order valence-electron chi connectivity index (χ1n) is 9.05. The van der Waals surface area contributed by atoms with Crippen molar-refractivity contribution in [2.45, 2.75) is 19.1 Å². The number of amides is 1. The van der Waals surface area contributed by atoms with E-state index in [0.29, 0.717) is 0 Å². The zero-order valence-corrected chi connectivity index (χ0v) is 15.7. The maximum absolute atomic E-state index is 13.6. The molecule has 0 radical (unpaired) electrons. The summed E-state index contributed by atoms with van der Waals surface area (Å²) >= 11 is 0. The summed E-state index contributed by atoms with van der Waals surface area (Å²) in [4.78, 5) is 29.0. The molecule has 0 unspecified atom stereocenters. The van der Waals surface area contributed by atoms with E-state index in [1.54, 1.807) is 49.4 Å². The number of hydrogen-bond acceptors (Lipinski definition) is 4. The molecule has 4 aromatic rings. The highest BCUT2D eigenvalue weighted by atomic mass is 19.4. The average Bonchev–Trinajstić information content (AvgIpc) is 2.73. The number of alkyl halides is 3. The first kappa shape index (κ1) is 19.6. The minimum Gasteiger partial charge on any atom is -0.437 e. The molecule has 1 atom stereocenters. The van der Waals surface area contributed by atoms with Crippen LogP contribution in [0.2, 0.25) is 0 Å². The zero-order valence-electron chi connectivity index (χ0n) is 15.7. The van der Waals surface area contributed by atoms with Crippen LogP contribution in [0.3, 0.4) is 0 Å². The Morgan fingerprint density at radius 3 is 2.40 bits per heavy atom. The molecule has 0 aliphatic rings. The number of fused-ring (bicyclic) bond motifs is 2. The number of hydrogen-bond donors (Lipinski definition) is 1. The molecule has 4 rings (SSSR count). The van der Waals surface area contributed by atoms with Crippen LogP contribution in [-0.2, 0) is 6.18 Å². The fraction of sp³-hybridized carbons (Fsp3) is 0.136. The fourth-order valence-electron chi connectivity index (χ4n) is 3.22. The predicted molar refractivity (Wildman–Crippen MR) is 105 cm³/mol. The molecule has 2 aromatic carbocycles. The van der Waals surface area contributed by atoms with Crippen molar-refractivity contribution in [1.82, 2.24) is 10.3 Å². The summed E-state index contributed by atoms with van der Waals surface area (Å²) in [5, 5.41) is 2.53. The average molecular weight is 412 g/mol. The first-order chi connectivity index (χ1) is 14.3. The largest absolute Gasteiger partial charge is 0.437 e. The van der Waals surface area contributed by atoms with Crippen molar-refractivity contribution in [3.63, 3.8) is 0 Å². The second-order valence-electron chi connectivity index (χ2n) is 6.77. The van der Waals surface area contributed by atoms with E-state index in [9.17, 15) is 22.8 Å². The van der Waals surface area contributed by atoms with Gasteiger partial charge in [0.25, 0.3) is 5.91 Å². The Hall–Kier alpha value is -3.68. The molecule has 0 saturated heterocycles. The van der Waals surface area contributed by atoms with E-state index >= 15 is 0 Å². The summed E-state index contributed by atoms with van der Waals surface area (Å²) in [5.41, 5.74) is -2.34. The molecule has 2 heterocycles. The van der Waals surface area contributed by atoms with Crippen molar-refractivity contribution in [3.05, 3.63) is 87.7 Å². The van der Waals surface area contributed by atoms with Crippen molar-refractivity contribution in [2.75, 3.05) is 0 Å². The van der Waals surface area contributed by atoms with E-state index in [1.165, 1.54) is 12.1 Å². The molecule has 152 valence electrons. The maximum Gasteiger partial charge on any atom is 0.434 e. The second kappa shape index (κ2) is 7.29. The van der Waals surface area contributed by atoms with Crippen LogP contribution in [0.1, 0.15) is 34.6 Å². The number of nitrogens with zero attached hydrogens (tertiary/aromatic N) is 1. The maximum atomic E-state index is 13.6. The highest BCUT2D eigenvalue weighted by molar-refractivity contribution is 5.99. The van der Waals surface area contributed by atoms with Crippen molar-refractivity contribution in [1.29, 1.82) is 0 Å². The van der Waals surface area contributed by atoms with Gasteiger partial charge < -0.3 is 9.73 Å². The first-order valence-corrected chi connectivity index (χ1v) is 9.05. The molecule has 0 fully saturated rings. The molecule has 0 aliphatic heterocycles. The number of para-hydroxylation sites is 1. The third-order valence-corrected chi connectivity index (χ3v) is 4.73. The third kappa shape index (κ3) is 3.52. The van der Waals surface area contributed by atoms with Crippen LogP contribution in [0.15, 0.2) is 69.9 Å². The Morgan fingerprint density at radius 2 is 1.70 bits per heavy atom. The lowest BCUT2D eigenvalue weighted by Crippen LogP contribution is -2.29. The van der Waals surface area contributed by atoms with Crippen molar-refractivity contribution in [3.8, 4) is 0 Å². The van der Waals surface area contributed by atoms with Gasteiger partial charge in [-0.3, -0.25) is 9.59 Å². The quantitative estimate of drug-likeness (QED) is 0.488. The normalized spacial score (nSPS) is 12.8. The van der Waals surface area contributed by atoms with Gasteiger partial charge in [-0.2, -0.15) is 13.2 Å². The van der Waals surface area contributed by atoms with Crippen LogP contribution in [-0.4, -0.2) is 10.9 Å². The van der Waals surface area contributed by atoms with Crippen LogP contribution >= 0.6 is 0 Å². The summed E-state index contributed by atoms with van der Waals surface area (Å²) < 4.78 is 46.4. The smallest absolute Gasteiger partial charge is 0.434 e. The number of rotatable bonds is 3. The minimum absolute atomic E-state index is 0.116. The van der Waals surface area contributed by atoms with E-state index in [0.717, 1.165) is 11.6 Å². The van der Waals surface area contributed by atoms with Gasteiger partial charge in [-0.15, -0.1) is 0 Å². The van der Waals surface area contributed by atoms with Gasteiger partial charge in [-0.05, 0) is 30.7 Å². The minimum atomic E-state index is -4.92. The zero-order chi connectivity index (χ0) is 21.5. The Bertz CT molecular complexity index is 1310. The molecule has 1 N–H and O–H groups in total.